The Morgan fingerprint density at radius 1 is 1.20 bits per heavy atom. The molecule has 4 rings (SSSR count). The van der Waals surface area contributed by atoms with Gasteiger partial charge >= 0.3 is 0 Å². The van der Waals surface area contributed by atoms with E-state index < -0.39 is 0 Å². The largest absolute Gasteiger partial charge is 0.342 e. The summed E-state index contributed by atoms with van der Waals surface area (Å²) in [7, 11) is 0. The van der Waals surface area contributed by atoms with Crippen molar-refractivity contribution in [2.45, 2.75) is 45.1 Å². The van der Waals surface area contributed by atoms with Gasteiger partial charge in [0.2, 0.25) is 5.91 Å². The zero-order valence-electron chi connectivity index (χ0n) is 15.2. The van der Waals surface area contributed by atoms with E-state index in [1.807, 2.05) is 17.2 Å². The summed E-state index contributed by atoms with van der Waals surface area (Å²) in [5.74, 6) is 0.619. The van der Waals surface area contributed by atoms with E-state index in [1.165, 1.54) is 37.0 Å². The number of carbonyl (C=O) groups excluding carboxylic acids is 1. The van der Waals surface area contributed by atoms with E-state index in [4.69, 9.17) is 0 Å². The van der Waals surface area contributed by atoms with Gasteiger partial charge in [0.05, 0.1) is 0 Å². The molecule has 5 nitrogen and oxygen atoms in total. The number of amides is 1. The van der Waals surface area contributed by atoms with Crippen molar-refractivity contribution in [1.29, 1.82) is 0 Å². The summed E-state index contributed by atoms with van der Waals surface area (Å²) in [6, 6.07) is 6.48. The lowest BCUT2D eigenvalue weighted by molar-refractivity contribution is -0.130. The Kier molecular flexibility index (Phi) is 4.75. The monoisotopic (exact) mass is 340 g/mol. The maximum absolute atomic E-state index is 11.8. The summed E-state index contributed by atoms with van der Waals surface area (Å²) < 4.78 is 2.42. The summed E-state index contributed by atoms with van der Waals surface area (Å²) in [6.07, 6.45) is 6.79. The fourth-order valence-electron chi connectivity index (χ4n) is 4.43. The van der Waals surface area contributed by atoms with Crippen molar-refractivity contribution in [2.75, 3.05) is 32.7 Å². The lowest BCUT2D eigenvalue weighted by Crippen LogP contribution is -2.38. The van der Waals surface area contributed by atoms with Gasteiger partial charge in [-0.25, -0.2) is 4.98 Å². The Morgan fingerprint density at radius 2 is 2.04 bits per heavy atom. The van der Waals surface area contributed by atoms with Gasteiger partial charge in [-0.15, -0.1) is 0 Å². The summed E-state index contributed by atoms with van der Waals surface area (Å²) >= 11 is 0. The van der Waals surface area contributed by atoms with Crippen molar-refractivity contribution in [1.82, 2.24) is 19.4 Å². The summed E-state index contributed by atoms with van der Waals surface area (Å²) in [5.41, 5.74) is 2.45. The van der Waals surface area contributed by atoms with E-state index in [-0.39, 0.29) is 5.91 Å². The Hall–Kier alpha value is -1.88. The minimum absolute atomic E-state index is 0.197. The van der Waals surface area contributed by atoms with Crippen LogP contribution in [0.15, 0.2) is 24.4 Å². The van der Waals surface area contributed by atoms with Gasteiger partial charge in [-0.3, -0.25) is 4.79 Å². The zero-order chi connectivity index (χ0) is 17.2. The highest BCUT2D eigenvalue weighted by Gasteiger charge is 2.26. The van der Waals surface area contributed by atoms with Crippen molar-refractivity contribution in [3.05, 3.63) is 30.1 Å². The number of nitrogens with zero attached hydrogens (tertiary/aromatic N) is 4. The number of carbonyl (C=O) groups is 1. The van der Waals surface area contributed by atoms with Crippen LogP contribution in [-0.4, -0.2) is 58.0 Å². The van der Waals surface area contributed by atoms with Crippen LogP contribution in [0, 0.1) is 0 Å². The Bertz CT molecular complexity index is 747. The third kappa shape index (κ3) is 3.43. The first-order valence-corrected chi connectivity index (χ1v) is 9.64. The van der Waals surface area contributed by atoms with Gasteiger partial charge in [0, 0.05) is 56.3 Å². The number of fused-ring (bicyclic) bond motifs is 1. The highest BCUT2D eigenvalue weighted by molar-refractivity contribution is 5.78. The number of rotatable bonds is 4. The fraction of sp³-hybridized carbons (Fsp3) is 0.600. The number of pyridine rings is 1. The smallest absolute Gasteiger partial charge is 0.219 e. The van der Waals surface area contributed by atoms with Crippen LogP contribution in [0.25, 0.3) is 11.0 Å². The zero-order valence-corrected chi connectivity index (χ0v) is 15.2. The van der Waals surface area contributed by atoms with E-state index in [1.54, 1.807) is 6.92 Å². The highest BCUT2D eigenvalue weighted by atomic mass is 16.2. The van der Waals surface area contributed by atoms with Gasteiger partial charge in [-0.1, -0.05) is 0 Å². The van der Waals surface area contributed by atoms with Crippen molar-refractivity contribution in [3.63, 3.8) is 0 Å². The second kappa shape index (κ2) is 7.16. The number of aromatic nitrogens is 2. The molecule has 5 heteroatoms. The standard InChI is InChI=1S/C20H28N4O/c1-16(25)23-11-5-7-18(15-23)19-14-17-6-4-8-21-20(17)24(19)13-12-22-9-2-3-10-22/h4,6,8,14,18H,2-3,5,7,9-13,15H2,1H3. The minimum atomic E-state index is 0.197. The Morgan fingerprint density at radius 3 is 2.84 bits per heavy atom. The molecule has 2 aromatic heterocycles. The Labute approximate surface area is 149 Å². The topological polar surface area (TPSA) is 41.4 Å². The average molecular weight is 340 g/mol. The maximum Gasteiger partial charge on any atom is 0.219 e. The van der Waals surface area contributed by atoms with E-state index >= 15 is 0 Å². The van der Waals surface area contributed by atoms with Gasteiger partial charge in [0.1, 0.15) is 5.65 Å². The molecule has 2 saturated heterocycles. The van der Waals surface area contributed by atoms with E-state index in [0.29, 0.717) is 5.92 Å². The number of hydrogen-bond acceptors (Lipinski definition) is 3. The molecule has 0 radical (unpaired) electrons. The molecule has 4 heterocycles. The van der Waals surface area contributed by atoms with Gasteiger partial charge in [-0.2, -0.15) is 0 Å². The molecular weight excluding hydrogens is 312 g/mol. The first kappa shape index (κ1) is 16.6. The highest BCUT2D eigenvalue weighted by Crippen LogP contribution is 2.31. The predicted molar refractivity (Wildman–Crippen MR) is 99.6 cm³/mol. The van der Waals surface area contributed by atoms with Crippen LogP contribution < -0.4 is 0 Å². The molecule has 0 spiro atoms. The number of piperidine rings is 1. The molecule has 0 saturated carbocycles. The van der Waals surface area contributed by atoms with E-state index in [9.17, 15) is 4.79 Å². The van der Waals surface area contributed by atoms with Crippen LogP contribution in [0.3, 0.4) is 0 Å². The SMILES string of the molecule is CC(=O)N1CCCC(c2cc3cccnc3n2CCN2CCCC2)C1. The first-order chi connectivity index (χ1) is 12.2. The summed E-state index contributed by atoms with van der Waals surface area (Å²) in [5, 5.41) is 1.22. The van der Waals surface area contributed by atoms with Crippen molar-refractivity contribution in [3.8, 4) is 0 Å². The molecule has 0 aliphatic carbocycles. The second-order valence-electron chi connectivity index (χ2n) is 7.49. The quantitative estimate of drug-likeness (QED) is 0.859. The van der Waals surface area contributed by atoms with Gasteiger partial charge in [-0.05, 0) is 57.0 Å². The van der Waals surface area contributed by atoms with E-state index in [0.717, 1.165) is 44.7 Å². The molecule has 2 aromatic rings. The molecule has 1 atom stereocenters. The molecule has 25 heavy (non-hydrogen) atoms. The molecule has 2 aliphatic rings. The summed E-state index contributed by atoms with van der Waals surface area (Å²) in [6.45, 7) is 7.97. The molecule has 0 aromatic carbocycles. The van der Waals surface area contributed by atoms with Gasteiger partial charge in [0.15, 0.2) is 0 Å². The summed E-state index contributed by atoms with van der Waals surface area (Å²) in [4.78, 5) is 21.1. The fourth-order valence-corrected chi connectivity index (χ4v) is 4.43. The van der Waals surface area contributed by atoms with Gasteiger partial charge in [0.25, 0.3) is 0 Å². The minimum Gasteiger partial charge on any atom is -0.342 e. The molecule has 134 valence electrons. The van der Waals surface area contributed by atoms with Crippen molar-refractivity contribution >= 4 is 16.9 Å². The van der Waals surface area contributed by atoms with Gasteiger partial charge < -0.3 is 14.4 Å². The van der Waals surface area contributed by atoms with E-state index in [2.05, 4.69) is 26.6 Å². The van der Waals surface area contributed by atoms with Crippen LogP contribution >= 0.6 is 0 Å². The average Bonchev–Trinajstić information content (AvgIpc) is 3.27. The lowest BCUT2D eigenvalue weighted by atomic mass is 9.94. The third-order valence-electron chi connectivity index (χ3n) is 5.81. The lowest BCUT2D eigenvalue weighted by Gasteiger charge is -2.33. The molecular formula is C20H28N4O. The second-order valence-corrected chi connectivity index (χ2v) is 7.49. The Balaban J connectivity index is 1.62. The van der Waals surface area contributed by atoms with Crippen molar-refractivity contribution < 1.29 is 4.79 Å². The van der Waals surface area contributed by atoms with Crippen LogP contribution in [0.4, 0.5) is 0 Å². The molecule has 0 bridgehead atoms. The van der Waals surface area contributed by atoms with Crippen LogP contribution in [0.2, 0.25) is 0 Å². The molecule has 2 fully saturated rings. The normalized spacial score (nSPS) is 22.0. The first-order valence-electron chi connectivity index (χ1n) is 9.64. The van der Waals surface area contributed by atoms with Crippen LogP contribution in [0.5, 0.6) is 0 Å². The predicted octanol–water partition coefficient (Wildman–Crippen LogP) is 2.86. The number of likely N-dealkylation sites (tertiary alicyclic amines) is 2. The molecule has 1 amide bonds. The maximum atomic E-state index is 11.8. The van der Waals surface area contributed by atoms with Crippen LogP contribution in [-0.2, 0) is 11.3 Å². The van der Waals surface area contributed by atoms with Crippen LogP contribution in [0.1, 0.15) is 44.2 Å². The number of hydrogen-bond donors (Lipinski definition) is 0. The third-order valence-corrected chi connectivity index (χ3v) is 5.81. The molecule has 1 unspecified atom stereocenters. The van der Waals surface area contributed by atoms with Crippen molar-refractivity contribution in [2.24, 2.45) is 0 Å². The molecule has 2 aliphatic heterocycles. The molecule has 0 N–H and O–H groups in total.